The molecule has 4 heteroatoms. The average molecular weight is 97.1 g/mol. The van der Waals surface area contributed by atoms with Crippen molar-refractivity contribution in [2.24, 2.45) is 10.1 Å². The predicted octanol–water partition coefficient (Wildman–Crippen LogP) is -0.573. The first-order valence-corrected chi connectivity index (χ1v) is 1.71. The molecule has 0 saturated carbocycles. The number of amidine groups is 1. The number of methoxy groups -OCH3 is 1. The molecular formula is C3H3N3O. The van der Waals surface area contributed by atoms with Crippen LogP contribution in [0, 0.1) is 0 Å². The first-order valence-electron chi connectivity index (χ1n) is 1.71. The normalized spacial score (nSPS) is 15.9. The summed E-state index contributed by atoms with van der Waals surface area (Å²) in [6.07, 6.45) is 2.24. The summed E-state index contributed by atoms with van der Waals surface area (Å²) in [6.45, 7) is 0. The SMILES string of the molecule is COC1=N[C]=N[N]1. The van der Waals surface area contributed by atoms with Crippen LogP contribution in [0.5, 0.6) is 0 Å². The molecule has 0 unspecified atom stereocenters. The highest BCUT2D eigenvalue weighted by atomic mass is 16.5. The lowest BCUT2D eigenvalue weighted by Gasteiger charge is -1.88. The van der Waals surface area contributed by atoms with E-state index in [-0.39, 0.29) is 6.02 Å². The summed E-state index contributed by atoms with van der Waals surface area (Å²) in [7, 11) is 1.48. The highest BCUT2D eigenvalue weighted by Gasteiger charge is 2.00. The number of nitrogens with zero attached hydrogens (tertiary/aromatic N) is 3. The molecule has 36 valence electrons. The molecule has 2 radical (unpaired) electrons. The summed E-state index contributed by atoms with van der Waals surface area (Å²) < 4.78 is 4.54. The van der Waals surface area contributed by atoms with Gasteiger partial charge in [-0.05, 0) is 0 Å². The molecule has 0 saturated heterocycles. The predicted molar refractivity (Wildman–Crippen MR) is 24.0 cm³/mol. The third-order valence-electron chi connectivity index (χ3n) is 0.508. The van der Waals surface area contributed by atoms with Crippen molar-refractivity contribution in [3.63, 3.8) is 0 Å². The summed E-state index contributed by atoms with van der Waals surface area (Å²) in [5.74, 6) is 0. The topological polar surface area (TPSA) is 48.1 Å². The Labute approximate surface area is 40.9 Å². The van der Waals surface area contributed by atoms with Gasteiger partial charge in [-0.3, -0.25) is 0 Å². The number of hydrogen-bond donors (Lipinski definition) is 0. The van der Waals surface area contributed by atoms with Crippen LogP contribution in [0.25, 0.3) is 0 Å². The highest BCUT2D eigenvalue weighted by molar-refractivity contribution is 5.85. The minimum Gasteiger partial charge on any atom is -0.466 e. The largest absolute Gasteiger partial charge is 0.466 e. The van der Waals surface area contributed by atoms with Crippen LogP contribution < -0.4 is 5.43 Å². The Kier molecular flexibility index (Phi) is 0.934. The van der Waals surface area contributed by atoms with Crippen molar-refractivity contribution in [3.05, 3.63) is 0 Å². The fraction of sp³-hybridized carbons (Fsp3) is 0.333. The number of rotatable bonds is 0. The standard InChI is InChI=1S/C3H3N3O/c1-7-3-4-2-5-6-3/h1H3. The van der Waals surface area contributed by atoms with Gasteiger partial charge >= 0.3 is 6.02 Å². The second-order valence-electron chi connectivity index (χ2n) is 0.899. The maximum Gasteiger partial charge on any atom is 0.337 e. The summed E-state index contributed by atoms with van der Waals surface area (Å²) in [5, 5.41) is 3.28. The van der Waals surface area contributed by atoms with Crippen LogP contribution >= 0.6 is 0 Å². The molecular weight excluding hydrogens is 94.1 g/mol. The van der Waals surface area contributed by atoms with E-state index in [2.05, 4.69) is 26.6 Å². The van der Waals surface area contributed by atoms with Crippen LogP contribution in [0.15, 0.2) is 10.1 Å². The Bertz CT molecular complexity index is 117. The van der Waals surface area contributed by atoms with Gasteiger partial charge in [0.05, 0.1) is 7.11 Å². The molecule has 0 aliphatic carbocycles. The zero-order chi connectivity index (χ0) is 5.11. The van der Waals surface area contributed by atoms with Gasteiger partial charge < -0.3 is 4.74 Å². The fourth-order valence-corrected chi connectivity index (χ4v) is 0.239. The zero-order valence-corrected chi connectivity index (χ0v) is 3.75. The minimum absolute atomic E-state index is 0.264. The Morgan fingerprint density at radius 2 is 2.57 bits per heavy atom. The van der Waals surface area contributed by atoms with E-state index in [4.69, 9.17) is 0 Å². The molecule has 1 heterocycles. The molecule has 7 heavy (non-hydrogen) atoms. The molecule has 4 nitrogen and oxygen atoms in total. The van der Waals surface area contributed by atoms with E-state index < -0.39 is 0 Å². The number of ether oxygens (including phenoxy) is 1. The summed E-state index contributed by atoms with van der Waals surface area (Å²) in [6, 6.07) is 0.264. The van der Waals surface area contributed by atoms with Gasteiger partial charge in [-0.2, -0.15) is 4.99 Å². The third-order valence-corrected chi connectivity index (χ3v) is 0.508. The van der Waals surface area contributed by atoms with Crippen molar-refractivity contribution in [3.8, 4) is 0 Å². The van der Waals surface area contributed by atoms with Crippen LogP contribution in [-0.4, -0.2) is 19.5 Å². The smallest absolute Gasteiger partial charge is 0.337 e. The molecule has 0 amide bonds. The number of aliphatic imine (C=N–C) groups is 1. The Hall–Kier alpha value is -1.06. The van der Waals surface area contributed by atoms with Gasteiger partial charge in [-0.25, -0.2) is 0 Å². The second-order valence-corrected chi connectivity index (χ2v) is 0.899. The van der Waals surface area contributed by atoms with Gasteiger partial charge in [0.25, 0.3) is 0 Å². The molecule has 1 aliphatic heterocycles. The van der Waals surface area contributed by atoms with Crippen molar-refractivity contribution in [2.75, 3.05) is 7.11 Å². The van der Waals surface area contributed by atoms with Crippen molar-refractivity contribution in [1.82, 2.24) is 5.43 Å². The Balaban J connectivity index is 2.45. The molecule has 0 N–H and O–H groups in total. The van der Waals surface area contributed by atoms with Gasteiger partial charge in [0.2, 0.25) is 6.34 Å². The Morgan fingerprint density at radius 3 is 2.86 bits per heavy atom. The van der Waals surface area contributed by atoms with Crippen molar-refractivity contribution in [1.29, 1.82) is 0 Å². The van der Waals surface area contributed by atoms with E-state index in [1.54, 1.807) is 0 Å². The monoisotopic (exact) mass is 97.0 g/mol. The van der Waals surface area contributed by atoms with Gasteiger partial charge in [0.1, 0.15) is 0 Å². The molecule has 0 bridgehead atoms. The molecule has 1 rings (SSSR count). The maximum absolute atomic E-state index is 4.54. The van der Waals surface area contributed by atoms with E-state index in [1.807, 2.05) is 0 Å². The van der Waals surface area contributed by atoms with E-state index in [1.165, 1.54) is 7.11 Å². The molecule has 0 aromatic carbocycles. The number of hydrogen-bond acceptors (Lipinski definition) is 3. The van der Waals surface area contributed by atoms with Crippen molar-refractivity contribution < 1.29 is 4.74 Å². The van der Waals surface area contributed by atoms with Crippen LogP contribution in [0.2, 0.25) is 0 Å². The molecule has 0 spiro atoms. The lowest BCUT2D eigenvalue weighted by atomic mass is 11.1. The molecule has 0 aromatic rings. The van der Waals surface area contributed by atoms with E-state index in [9.17, 15) is 0 Å². The zero-order valence-electron chi connectivity index (χ0n) is 3.75. The quantitative estimate of drug-likeness (QED) is 0.399. The summed E-state index contributed by atoms with van der Waals surface area (Å²) >= 11 is 0. The first-order chi connectivity index (χ1) is 3.43. The van der Waals surface area contributed by atoms with E-state index >= 15 is 0 Å². The van der Waals surface area contributed by atoms with Crippen LogP contribution in [0.4, 0.5) is 0 Å². The summed E-state index contributed by atoms with van der Waals surface area (Å²) in [4.78, 5) is 3.47. The maximum atomic E-state index is 4.54. The molecule has 1 aliphatic rings. The fourth-order valence-electron chi connectivity index (χ4n) is 0.239. The van der Waals surface area contributed by atoms with Gasteiger partial charge in [-0.15, -0.1) is 5.10 Å². The van der Waals surface area contributed by atoms with Gasteiger partial charge in [0, 0.05) is 0 Å². The van der Waals surface area contributed by atoms with Gasteiger partial charge in [0.15, 0.2) is 0 Å². The van der Waals surface area contributed by atoms with Crippen LogP contribution in [-0.2, 0) is 4.74 Å². The highest BCUT2D eigenvalue weighted by Crippen LogP contribution is 1.81. The lowest BCUT2D eigenvalue weighted by Crippen LogP contribution is -2.06. The lowest BCUT2D eigenvalue weighted by molar-refractivity contribution is 0.384. The molecule has 0 fully saturated rings. The average Bonchev–Trinajstić information content (AvgIpc) is 2.14. The second kappa shape index (κ2) is 1.59. The third kappa shape index (κ3) is 0.677. The molecule has 0 aromatic heterocycles. The van der Waals surface area contributed by atoms with Crippen LogP contribution in [0.3, 0.4) is 0 Å². The van der Waals surface area contributed by atoms with Gasteiger partial charge in [-0.1, -0.05) is 5.43 Å². The van der Waals surface area contributed by atoms with Crippen molar-refractivity contribution in [2.45, 2.75) is 0 Å². The van der Waals surface area contributed by atoms with Crippen LogP contribution in [0.1, 0.15) is 0 Å². The van der Waals surface area contributed by atoms with E-state index in [0.717, 1.165) is 0 Å². The summed E-state index contributed by atoms with van der Waals surface area (Å²) in [5.41, 5.74) is 3.40. The first kappa shape index (κ1) is 4.11. The van der Waals surface area contributed by atoms with Crippen molar-refractivity contribution >= 4 is 12.4 Å². The minimum atomic E-state index is 0.264. The Morgan fingerprint density at radius 1 is 1.71 bits per heavy atom. The van der Waals surface area contributed by atoms with E-state index in [0.29, 0.717) is 0 Å². The molecule has 0 atom stereocenters.